The Morgan fingerprint density at radius 3 is 1.80 bits per heavy atom. The van der Waals surface area contributed by atoms with Crippen LogP contribution in [0.5, 0.6) is 0 Å². The number of carbonyl (C=O) groups excluding carboxylic acids is 1. The Morgan fingerprint density at radius 1 is 1.13 bits per heavy atom. The fourth-order valence-corrected chi connectivity index (χ4v) is 1.18. The molecule has 0 atom stereocenters. The van der Waals surface area contributed by atoms with E-state index in [0.29, 0.717) is 0 Å². The molecule has 0 aliphatic rings. The van der Waals surface area contributed by atoms with Gasteiger partial charge in [-0.05, 0) is 0 Å². The van der Waals surface area contributed by atoms with Crippen LogP contribution >= 0.6 is 0 Å². The van der Waals surface area contributed by atoms with E-state index in [4.69, 9.17) is 0 Å². The molecule has 11 heteroatoms. The van der Waals surface area contributed by atoms with Crippen LogP contribution in [0.4, 0.5) is 26.3 Å². The van der Waals surface area contributed by atoms with Gasteiger partial charge in [-0.25, -0.2) is 9.11 Å². The molecule has 0 aromatic rings. The third-order valence-electron chi connectivity index (χ3n) is 1.04. The first-order valence-electron chi connectivity index (χ1n) is 3.01. The van der Waals surface area contributed by atoms with Crippen LogP contribution < -0.4 is 4.72 Å². The van der Waals surface area contributed by atoms with Crippen molar-refractivity contribution >= 4 is 15.9 Å². The topological polar surface area (TPSA) is 63.2 Å². The zero-order chi connectivity index (χ0) is 12.5. The molecule has 0 saturated carbocycles. The number of sulfonamides is 1. The highest BCUT2D eigenvalue weighted by molar-refractivity contribution is 7.91. The molecule has 1 amide bonds. The molecule has 0 heterocycles. The van der Waals surface area contributed by atoms with Gasteiger partial charge < -0.3 is 0 Å². The van der Waals surface area contributed by atoms with Crippen molar-refractivity contribution in [1.29, 1.82) is 0 Å². The summed E-state index contributed by atoms with van der Waals surface area (Å²) in [6.45, 7) is -2.03. The summed E-state index contributed by atoms with van der Waals surface area (Å²) >= 11 is 0. The van der Waals surface area contributed by atoms with Crippen molar-refractivity contribution in [2.24, 2.45) is 0 Å². The standard InChI is InChI=1S/C4H3F6NO3S/c5-1-2(12)11-15(13,14)4(9,10)3(6,7)8/h1H2,(H,11,12). The van der Waals surface area contributed by atoms with Gasteiger partial charge in [0.05, 0.1) is 0 Å². The molecule has 0 aliphatic heterocycles. The maximum absolute atomic E-state index is 12.2. The zero-order valence-electron chi connectivity index (χ0n) is 6.61. The van der Waals surface area contributed by atoms with Gasteiger partial charge in [0.25, 0.3) is 5.91 Å². The molecule has 0 radical (unpaired) electrons. The Labute approximate surface area is 79.3 Å². The molecule has 1 N–H and O–H groups in total. The second-order valence-electron chi connectivity index (χ2n) is 2.18. The van der Waals surface area contributed by atoms with E-state index in [9.17, 15) is 39.6 Å². The first-order valence-corrected chi connectivity index (χ1v) is 4.49. The molecule has 0 unspecified atom stereocenters. The maximum atomic E-state index is 12.2. The fourth-order valence-electron chi connectivity index (χ4n) is 0.394. The lowest BCUT2D eigenvalue weighted by atomic mass is 10.7. The van der Waals surface area contributed by atoms with Crippen molar-refractivity contribution in [3.05, 3.63) is 0 Å². The van der Waals surface area contributed by atoms with Crippen LogP contribution in [0.3, 0.4) is 0 Å². The third-order valence-corrected chi connectivity index (χ3v) is 2.44. The molecular weight excluding hydrogens is 256 g/mol. The van der Waals surface area contributed by atoms with E-state index in [0.717, 1.165) is 0 Å². The fraction of sp³-hybridized carbons (Fsp3) is 0.750. The Kier molecular flexibility index (Phi) is 3.61. The normalized spacial score (nSPS) is 13.7. The minimum Gasteiger partial charge on any atom is -0.271 e. The monoisotopic (exact) mass is 259 g/mol. The SMILES string of the molecule is O=C(CF)NS(=O)(=O)C(F)(F)C(F)(F)F. The lowest BCUT2D eigenvalue weighted by molar-refractivity contribution is -0.241. The Balaban J connectivity index is 5.13. The molecule has 0 aliphatic carbocycles. The van der Waals surface area contributed by atoms with Crippen molar-refractivity contribution in [2.75, 3.05) is 6.67 Å². The van der Waals surface area contributed by atoms with E-state index < -0.39 is 34.0 Å². The van der Waals surface area contributed by atoms with E-state index in [-0.39, 0.29) is 4.72 Å². The lowest BCUT2D eigenvalue weighted by Crippen LogP contribution is -2.51. The van der Waals surface area contributed by atoms with Gasteiger partial charge in [0.2, 0.25) is 0 Å². The quantitative estimate of drug-likeness (QED) is 0.753. The van der Waals surface area contributed by atoms with Crippen molar-refractivity contribution in [3.63, 3.8) is 0 Å². The second kappa shape index (κ2) is 3.87. The first-order chi connectivity index (χ1) is 6.45. The maximum Gasteiger partial charge on any atom is 0.471 e. The van der Waals surface area contributed by atoms with E-state index in [2.05, 4.69) is 0 Å². The number of nitrogens with one attached hydrogen (secondary N) is 1. The summed E-state index contributed by atoms with van der Waals surface area (Å²) in [5, 5.41) is -6.16. The molecule has 0 aromatic heterocycles. The van der Waals surface area contributed by atoms with Gasteiger partial charge in [0.1, 0.15) is 0 Å². The summed E-state index contributed by atoms with van der Waals surface area (Å²) in [6.07, 6.45) is -6.39. The largest absolute Gasteiger partial charge is 0.471 e. The van der Waals surface area contributed by atoms with E-state index in [1.165, 1.54) is 0 Å². The molecule has 0 rings (SSSR count). The third kappa shape index (κ3) is 2.73. The number of halogens is 6. The van der Waals surface area contributed by atoms with Crippen LogP contribution in [-0.4, -0.2) is 32.4 Å². The number of hydrogen-bond donors (Lipinski definition) is 1. The zero-order valence-corrected chi connectivity index (χ0v) is 7.42. The Morgan fingerprint density at radius 2 is 1.53 bits per heavy atom. The van der Waals surface area contributed by atoms with Gasteiger partial charge in [-0.3, -0.25) is 4.79 Å². The smallest absolute Gasteiger partial charge is 0.271 e. The summed E-state index contributed by atoms with van der Waals surface area (Å²) in [4.78, 5) is 10.0. The highest BCUT2D eigenvalue weighted by Gasteiger charge is 2.67. The van der Waals surface area contributed by atoms with Crippen LogP contribution in [0.2, 0.25) is 0 Å². The predicted molar refractivity (Wildman–Crippen MR) is 34.0 cm³/mol. The van der Waals surface area contributed by atoms with Crippen LogP contribution in [0.25, 0.3) is 0 Å². The molecule has 0 fully saturated rings. The van der Waals surface area contributed by atoms with E-state index >= 15 is 0 Å². The number of carbonyl (C=O) groups is 1. The molecule has 0 aromatic carbocycles. The number of alkyl halides is 6. The molecule has 90 valence electrons. The van der Waals surface area contributed by atoms with Gasteiger partial charge in [-0.2, -0.15) is 30.4 Å². The summed E-state index contributed by atoms with van der Waals surface area (Å²) in [7, 11) is -6.33. The highest BCUT2D eigenvalue weighted by atomic mass is 32.2. The van der Waals surface area contributed by atoms with Crippen molar-refractivity contribution in [2.45, 2.75) is 11.4 Å². The second-order valence-corrected chi connectivity index (χ2v) is 3.90. The van der Waals surface area contributed by atoms with Crippen LogP contribution in [0.15, 0.2) is 0 Å². The Bertz CT molecular complexity index is 346. The van der Waals surface area contributed by atoms with Crippen molar-refractivity contribution in [3.8, 4) is 0 Å². The van der Waals surface area contributed by atoms with Crippen LogP contribution in [0, 0.1) is 0 Å². The van der Waals surface area contributed by atoms with Crippen molar-refractivity contribution < 1.29 is 39.6 Å². The molecule has 0 spiro atoms. The van der Waals surface area contributed by atoms with Crippen molar-refractivity contribution in [1.82, 2.24) is 4.72 Å². The van der Waals surface area contributed by atoms with Crippen LogP contribution in [-0.2, 0) is 14.8 Å². The molecule has 4 nitrogen and oxygen atoms in total. The lowest BCUT2D eigenvalue weighted by Gasteiger charge is -2.19. The predicted octanol–water partition coefficient (Wildman–Crippen LogP) is 0.557. The summed E-state index contributed by atoms with van der Waals surface area (Å²) in [5.41, 5.74) is 0. The number of rotatable bonds is 3. The molecule has 15 heavy (non-hydrogen) atoms. The average Bonchev–Trinajstić information content (AvgIpc) is 2.00. The van der Waals surface area contributed by atoms with Gasteiger partial charge in [0, 0.05) is 0 Å². The van der Waals surface area contributed by atoms with Gasteiger partial charge in [0.15, 0.2) is 6.67 Å². The number of hydrogen-bond acceptors (Lipinski definition) is 3. The highest BCUT2D eigenvalue weighted by Crippen LogP contribution is 2.39. The summed E-state index contributed by atoms with van der Waals surface area (Å²) in [5.74, 6) is -2.11. The van der Waals surface area contributed by atoms with Gasteiger partial charge in [-0.15, -0.1) is 0 Å². The minimum atomic E-state index is -6.39. The minimum absolute atomic E-state index is 0.241. The molecule has 0 saturated heterocycles. The molecule has 0 bridgehead atoms. The molecular formula is C4H3F6NO3S. The van der Waals surface area contributed by atoms with Gasteiger partial charge >= 0.3 is 21.5 Å². The summed E-state index contributed by atoms with van der Waals surface area (Å²) < 4.78 is 91.1. The number of amides is 1. The summed E-state index contributed by atoms with van der Waals surface area (Å²) in [6, 6.07) is 0. The van der Waals surface area contributed by atoms with E-state index in [1.807, 2.05) is 0 Å². The van der Waals surface area contributed by atoms with Crippen LogP contribution in [0.1, 0.15) is 0 Å². The van der Waals surface area contributed by atoms with Gasteiger partial charge in [-0.1, -0.05) is 0 Å². The van der Waals surface area contributed by atoms with E-state index in [1.54, 1.807) is 0 Å². The Hall–Kier alpha value is -1.00. The first kappa shape index (κ1) is 14.0. The average molecular weight is 259 g/mol.